The van der Waals surface area contributed by atoms with Crippen molar-refractivity contribution in [1.29, 1.82) is 0 Å². The van der Waals surface area contributed by atoms with Gasteiger partial charge in [0.25, 0.3) is 0 Å². The molecule has 0 aliphatic carbocycles. The molecule has 1 amide bonds. The fourth-order valence-electron chi connectivity index (χ4n) is 1.26. The molecule has 0 aliphatic rings. The largest absolute Gasteiger partial charge is 0.465 e. The van der Waals surface area contributed by atoms with Gasteiger partial charge in [0, 0.05) is 10.6 Å². The van der Waals surface area contributed by atoms with Gasteiger partial charge in [-0.2, -0.15) is 0 Å². The normalized spacial score (nSPS) is 14.3. The van der Waals surface area contributed by atoms with E-state index in [4.69, 9.17) is 16.7 Å². The van der Waals surface area contributed by atoms with E-state index in [1.54, 1.807) is 31.2 Å². The summed E-state index contributed by atoms with van der Waals surface area (Å²) in [6.07, 6.45) is -2.12. The van der Waals surface area contributed by atoms with Crippen LogP contribution in [-0.2, 0) is 0 Å². The minimum atomic E-state index is -1.17. The van der Waals surface area contributed by atoms with E-state index in [-0.39, 0.29) is 0 Å². The molecule has 1 aromatic rings. The van der Waals surface area contributed by atoms with E-state index in [0.29, 0.717) is 10.6 Å². The average Bonchev–Trinajstić information content (AvgIpc) is 2.16. The van der Waals surface area contributed by atoms with Crippen LogP contribution in [0.4, 0.5) is 4.79 Å². The zero-order valence-corrected chi connectivity index (χ0v) is 8.90. The van der Waals surface area contributed by atoms with Crippen molar-refractivity contribution in [3.8, 4) is 0 Å². The summed E-state index contributed by atoms with van der Waals surface area (Å²) in [7, 11) is 0. The van der Waals surface area contributed by atoms with Crippen molar-refractivity contribution >= 4 is 17.7 Å². The number of halogens is 1. The highest BCUT2D eigenvalue weighted by Crippen LogP contribution is 2.24. The quantitative estimate of drug-likeness (QED) is 0.743. The van der Waals surface area contributed by atoms with Gasteiger partial charge in [-0.05, 0) is 13.0 Å². The van der Waals surface area contributed by atoms with Crippen LogP contribution < -0.4 is 5.32 Å². The summed E-state index contributed by atoms with van der Waals surface area (Å²) < 4.78 is 0. The number of nitrogens with one attached hydrogen (secondary N) is 1. The van der Waals surface area contributed by atoms with Gasteiger partial charge in [-0.3, -0.25) is 0 Å². The standard InChI is InChI=1S/C10H12ClNO3/c1-6(12-10(14)15)9(13)7-4-2-3-5-8(7)11/h2-6,9,12-13H,1H3,(H,14,15)/t6-,9+/m0/s1. The molecule has 4 nitrogen and oxygen atoms in total. The van der Waals surface area contributed by atoms with Crippen LogP contribution in [0.25, 0.3) is 0 Å². The van der Waals surface area contributed by atoms with Crippen LogP contribution in [0.15, 0.2) is 24.3 Å². The van der Waals surface area contributed by atoms with Crippen molar-refractivity contribution in [3.05, 3.63) is 34.9 Å². The van der Waals surface area contributed by atoms with Crippen LogP contribution in [-0.4, -0.2) is 22.3 Å². The third-order valence-corrected chi connectivity index (χ3v) is 2.39. The molecular weight excluding hydrogens is 218 g/mol. The molecule has 0 saturated carbocycles. The monoisotopic (exact) mass is 229 g/mol. The molecule has 0 saturated heterocycles. The molecule has 5 heteroatoms. The first-order valence-corrected chi connectivity index (χ1v) is 4.82. The number of aliphatic hydroxyl groups is 1. The predicted octanol–water partition coefficient (Wildman–Crippen LogP) is 2.03. The molecule has 0 spiro atoms. The van der Waals surface area contributed by atoms with Crippen LogP contribution in [0.3, 0.4) is 0 Å². The summed E-state index contributed by atoms with van der Waals surface area (Å²) >= 11 is 5.86. The zero-order valence-electron chi connectivity index (χ0n) is 8.14. The molecular formula is C10H12ClNO3. The maximum atomic E-state index is 10.4. The van der Waals surface area contributed by atoms with Crippen molar-refractivity contribution in [1.82, 2.24) is 5.32 Å². The van der Waals surface area contributed by atoms with Gasteiger partial charge in [0.2, 0.25) is 0 Å². The lowest BCUT2D eigenvalue weighted by Gasteiger charge is -2.19. The molecule has 82 valence electrons. The second-order valence-corrected chi connectivity index (χ2v) is 3.61. The van der Waals surface area contributed by atoms with Gasteiger partial charge >= 0.3 is 6.09 Å². The highest BCUT2D eigenvalue weighted by molar-refractivity contribution is 6.31. The SMILES string of the molecule is C[C@H](NC(=O)O)[C@@H](O)c1ccccc1Cl. The maximum absolute atomic E-state index is 10.4. The van der Waals surface area contributed by atoms with Gasteiger partial charge in [0.1, 0.15) is 6.10 Å². The highest BCUT2D eigenvalue weighted by atomic mass is 35.5. The molecule has 0 fully saturated rings. The van der Waals surface area contributed by atoms with Crippen LogP contribution in [0.5, 0.6) is 0 Å². The third-order valence-electron chi connectivity index (χ3n) is 2.05. The summed E-state index contributed by atoms with van der Waals surface area (Å²) in [4.78, 5) is 10.4. The topological polar surface area (TPSA) is 69.6 Å². The Morgan fingerprint density at radius 2 is 2.07 bits per heavy atom. The number of rotatable bonds is 3. The zero-order chi connectivity index (χ0) is 11.4. The van der Waals surface area contributed by atoms with Crippen LogP contribution in [0.1, 0.15) is 18.6 Å². The first kappa shape index (κ1) is 11.8. The number of amides is 1. The van der Waals surface area contributed by atoms with Gasteiger partial charge in [-0.15, -0.1) is 0 Å². The van der Waals surface area contributed by atoms with E-state index in [1.165, 1.54) is 0 Å². The Bertz CT molecular complexity index is 356. The van der Waals surface area contributed by atoms with Gasteiger partial charge in [0.15, 0.2) is 0 Å². The van der Waals surface area contributed by atoms with Gasteiger partial charge in [0.05, 0.1) is 6.04 Å². The number of carboxylic acid groups (broad SMARTS) is 1. The molecule has 0 unspecified atom stereocenters. The van der Waals surface area contributed by atoms with Gasteiger partial charge in [-0.1, -0.05) is 29.8 Å². The first-order chi connectivity index (χ1) is 7.02. The number of carbonyl (C=O) groups is 1. The maximum Gasteiger partial charge on any atom is 0.404 e. The Balaban J connectivity index is 2.80. The molecule has 2 atom stereocenters. The van der Waals surface area contributed by atoms with Crippen molar-refractivity contribution in [2.75, 3.05) is 0 Å². The molecule has 0 aromatic heterocycles. The number of benzene rings is 1. The molecule has 0 heterocycles. The first-order valence-electron chi connectivity index (χ1n) is 4.44. The van der Waals surface area contributed by atoms with Gasteiger partial charge in [-0.25, -0.2) is 4.79 Å². The number of aliphatic hydroxyl groups excluding tert-OH is 1. The Hall–Kier alpha value is -1.26. The molecule has 0 radical (unpaired) electrons. The lowest BCUT2D eigenvalue weighted by atomic mass is 10.0. The third kappa shape index (κ3) is 3.11. The average molecular weight is 230 g/mol. The second kappa shape index (κ2) is 5.00. The van der Waals surface area contributed by atoms with Crippen molar-refractivity contribution in [2.24, 2.45) is 0 Å². The molecule has 15 heavy (non-hydrogen) atoms. The number of hydrogen-bond acceptors (Lipinski definition) is 2. The summed E-state index contributed by atoms with van der Waals surface area (Å²) in [5.41, 5.74) is 0.514. The minimum Gasteiger partial charge on any atom is -0.465 e. The van der Waals surface area contributed by atoms with E-state index in [9.17, 15) is 9.90 Å². The van der Waals surface area contributed by atoms with E-state index in [1.807, 2.05) is 0 Å². The fraction of sp³-hybridized carbons (Fsp3) is 0.300. The minimum absolute atomic E-state index is 0.420. The smallest absolute Gasteiger partial charge is 0.404 e. The molecule has 1 aromatic carbocycles. The Kier molecular flexibility index (Phi) is 3.94. The van der Waals surface area contributed by atoms with Crippen LogP contribution in [0.2, 0.25) is 5.02 Å². The van der Waals surface area contributed by atoms with Crippen molar-refractivity contribution in [3.63, 3.8) is 0 Å². The van der Waals surface area contributed by atoms with Crippen LogP contribution in [0, 0.1) is 0 Å². The molecule has 1 rings (SSSR count). The Morgan fingerprint density at radius 3 is 2.60 bits per heavy atom. The van der Waals surface area contributed by atoms with Crippen molar-refractivity contribution in [2.45, 2.75) is 19.1 Å². The summed E-state index contributed by atoms with van der Waals surface area (Å²) in [6, 6.07) is 6.18. The molecule has 3 N–H and O–H groups in total. The highest BCUT2D eigenvalue weighted by Gasteiger charge is 2.19. The lowest BCUT2D eigenvalue weighted by Crippen LogP contribution is -2.36. The van der Waals surface area contributed by atoms with E-state index in [0.717, 1.165) is 0 Å². The Labute approximate surface area is 92.5 Å². The summed E-state index contributed by atoms with van der Waals surface area (Å²) in [6.45, 7) is 1.57. The van der Waals surface area contributed by atoms with Crippen molar-refractivity contribution < 1.29 is 15.0 Å². The fourth-order valence-corrected chi connectivity index (χ4v) is 1.51. The van der Waals surface area contributed by atoms with E-state index in [2.05, 4.69) is 5.32 Å². The van der Waals surface area contributed by atoms with Gasteiger partial charge < -0.3 is 15.5 Å². The van der Waals surface area contributed by atoms with E-state index < -0.39 is 18.2 Å². The Morgan fingerprint density at radius 1 is 1.47 bits per heavy atom. The number of hydrogen-bond donors (Lipinski definition) is 3. The molecule has 0 bridgehead atoms. The summed E-state index contributed by atoms with van der Waals surface area (Å²) in [5, 5.41) is 20.9. The predicted molar refractivity (Wildman–Crippen MR) is 57.0 cm³/mol. The molecule has 0 aliphatic heterocycles. The van der Waals surface area contributed by atoms with Crippen LogP contribution >= 0.6 is 11.6 Å². The second-order valence-electron chi connectivity index (χ2n) is 3.20. The lowest BCUT2D eigenvalue weighted by molar-refractivity contribution is 0.127. The van der Waals surface area contributed by atoms with E-state index >= 15 is 0 Å². The summed E-state index contributed by atoms with van der Waals surface area (Å²) in [5.74, 6) is 0.